The average Bonchev–Trinajstić information content (AvgIpc) is 2.51. The number of benzene rings is 2. The normalized spacial score (nSPS) is 20.9. The number of nitrogens with one attached hydrogen (secondary N) is 1. The molecule has 0 saturated heterocycles. The van der Waals surface area contributed by atoms with Crippen molar-refractivity contribution in [3.05, 3.63) is 63.9 Å². The molecule has 0 saturated carbocycles. The van der Waals surface area contributed by atoms with Crippen LogP contribution in [0.3, 0.4) is 0 Å². The Balaban J connectivity index is 2.00. The predicted molar refractivity (Wildman–Crippen MR) is 87.8 cm³/mol. The summed E-state index contributed by atoms with van der Waals surface area (Å²) in [6, 6.07) is 13.4. The molecule has 0 radical (unpaired) electrons. The maximum atomic E-state index is 13.4. The van der Waals surface area contributed by atoms with E-state index >= 15 is 0 Å². The highest BCUT2D eigenvalue weighted by Gasteiger charge is 2.35. The quantitative estimate of drug-likeness (QED) is 0.872. The smallest absolute Gasteiger partial charge is 0.137 e. The minimum atomic E-state index is -0.272. The summed E-state index contributed by atoms with van der Waals surface area (Å²) in [6.45, 7) is 0.513. The van der Waals surface area contributed by atoms with Gasteiger partial charge in [-0.3, -0.25) is 0 Å². The zero-order valence-electron chi connectivity index (χ0n) is 11.7. The summed E-state index contributed by atoms with van der Waals surface area (Å²) in [6.07, 6.45) is 3.17. The Kier molecular flexibility index (Phi) is 4.00. The molecule has 0 fully saturated rings. The third-order valence-corrected chi connectivity index (χ3v) is 4.84. The molecule has 21 heavy (non-hydrogen) atoms. The molecule has 0 aliphatic heterocycles. The Labute approximate surface area is 132 Å². The summed E-state index contributed by atoms with van der Waals surface area (Å²) in [5.74, 6) is -0.258. The van der Waals surface area contributed by atoms with Crippen molar-refractivity contribution < 1.29 is 4.39 Å². The molecule has 1 aliphatic carbocycles. The van der Waals surface area contributed by atoms with Crippen molar-refractivity contribution in [2.75, 3.05) is 11.9 Å². The van der Waals surface area contributed by atoms with Gasteiger partial charge in [-0.05, 0) is 64.5 Å². The monoisotopic (exact) mass is 348 g/mol. The summed E-state index contributed by atoms with van der Waals surface area (Å²) < 4.78 is 13.9. The van der Waals surface area contributed by atoms with Gasteiger partial charge in [0, 0.05) is 12.2 Å². The molecule has 2 aromatic rings. The third kappa shape index (κ3) is 2.70. The second kappa shape index (κ2) is 5.78. The first-order valence-corrected chi connectivity index (χ1v) is 7.96. The Bertz CT molecular complexity index is 659. The van der Waals surface area contributed by atoms with Gasteiger partial charge in [0.1, 0.15) is 5.82 Å². The van der Waals surface area contributed by atoms with Crippen molar-refractivity contribution in [1.82, 2.24) is 0 Å². The van der Waals surface area contributed by atoms with Crippen LogP contribution in [0.5, 0.6) is 0 Å². The number of nitrogens with two attached hydrogens (primary N) is 1. The molecule has 3 rings (SSSR count). The summed E-state index contributed by atoms with van der Waals surface area (Å²) in [7, 11) is 0. The van der Waals surface area contributed by atoms with Crippen molar-refractivity contribution in [3.63, 3.8) is 0 Å². The molecule has 0 spiro atoms. The van der Waals surface area contributed by atoms with Gasteiger partial charge in [-0.2, -0.15) is 0 Å². The van der Waals surface area contributed by atoms with Crippen LogP contribution in [0.1, 0.15) is 24.0 Å². The fraction of sp³-hybridized carbons (Fsp3) is 0.294. The molecule has 0 aromatic heterocycles. The molecule has 4 heteroatoms. The minimum Gasteiger partial charge on any atom is -0.374 e. The number of fused-ring (bicyclic) bond motifs is 1. The van der Waals surface area contributed by atoms with Crippen LogP contribution in [0.4, 0.5) is 10.1 Å². The predicted octanol–water partition coefficient (Wildman–Crippen LogP) is 4.19. The number of hydrogen-bond acceptors (Lipinski definition) is 2. The van der Waals surface area contributed by atoms with E-state index in [2.05, 4.69) is 45.5 Å². The first-order valence-electron chi connectivity index (χ1n) is 7.16. The second-order valence-corrected chi connectivity index (χ2v) is 6.41. The lowest BCUT2D eigenvalue weighted by Crippen LogP contribution is -2.45. The van der Waals surface area contributed by atoms with E-state index in [-0.39, 0.29) is 11.4 Å². The standard InChI is InChI=1S/C17H18BrFN2/c18-15-10-13(7-8-16(15)19)21-17(11-20)9-3-5-12-4-1-2-6-14(12)17/h1-2,4,6-8,10,21H,3,5,9,11,20H2. The number of aryl methyl sites for hydroxylation is 1. The highest BCUT2D eigenvalue weighted by atomic mass is 79.9. The lowest BCUT2D eigenvalue weighted by molar-refractivity contribution is 0.417. The second-order valence-electron chi connectivity index (χ2n) is 5.55. The fourth-order valence-electron chi connectivity index (χ4n) is 3.16. The fourth-order valence-corrected chi connectivity index (χ4v) is 3.54. The summed E-state index contributed by atoms with van der Waals surface area (Å²) in [5.41, 5.74) is 9.34. The van der Waals surface area contributed by atoms with Gasteiger partial charge in [0.2, 0.25) is 0 Å². The molecule has 3 N–H and O–H groups in total. The summed E-state index contributed by atoms with van der Waals surface area (Å²) in [5, 5.41) is 3.55. The van der Waals surface area contributed by atoms with Gasteiger partial charge in [0.25, 0.3) is 0 Å². The van der Waals surface area contributed by atoms with Gasteiger partial charge in [0.05, 0.1) is 10.0 Å². The van der Waals surface area contributed by atoms with Gasteiger partial charge < -0.3 is 11.1 Å². The van der Waals surface area contributed by atoms with E-state index in [1.165, 1.54) is 17.2 Å². The molecule has 0 heterocycles. The van der Waals surface area contributed by atoms with Crippen molar-refractivity contribution in [2.24, 2.45) is 5.73 Å². The van der Waals surface area contributed by atoms with Crippen LogP contribution < -0.4 is 11.1 Å². The molecule has 0 amide bonds. The number of hydrogen-bond donors (Lipinski definition) is 2. The molecular formula is C17H18BrFN2. The minimum absolute atomic E-state index is 0.258. The number of rotatable bonds is 3. The van der Waals surface area contributed by atoms with Gasteiger partial charge in [-0.1, -0.05) is 24.3 Å². The molecule has 110 valence electrons. The van der Waals surface area contributed by atoms with Gasteiger partial charge >= 0.3 is 0 Å². The first-order chi connectivity index (χ1) is 10.1. The highest BCUT2D eigenvalue weighted by molar-refractivity contribution is 9.10. The third-order valence-electron chi connectivity index (χ3n) is 4.23. The Hall–Kier alpha value is -1.39. The molecule has 2 aromatic carbocycles. The average molecular weight is 349 g/mol. The van der Waals surface area contributed by atoms with Crippen molar-refractivity contribution in [2.45, 2.75) is 24.8 Å². The highest BCUT2D eigenvalue weighted by Crippen LogP contribution is 2.38. The Morgan fingerprint density at radius 3 is 2.81 bits per heavy atom. The van der Waals surface area contributed by atoms with Crippen LogP contribution in [-0.4, -0.2) is 6.54 Å². The summed E-state index contributed by atoms with van der Waals surface area (Å²) in [4.78, 5) is 0. The lowest BCUT2D eigenvalue weighted by Gasteiger charge is -2.40. The molecule has 2 nitrogen and oxygen atoms in total. The van der Waals surface area contributed by atoms with Crippen LogP contribution in [0, 0.1) is 5.82 Å². The number of anilines is 1. The van der Waals surface area contributed by atoms with E-state index in [0.29, 0.717) is 11.0 Å². The van der Waals surface area contributed by atoms with E-state index in [4.69, 9.17) is 5.73 Å². The Morgan fingerprint density at radius 1 is 1.24 bits per heavy atom. The zero-order chi connectivity index (χ0) is 14.9. The SMILES string of the molecule is NCC1(Nc2ccc(F)c(Br)c2)CCCc2ccccc21. The number of halogens is 2. The van der Waals surface area contributed by atoms with E-state index in [1.54, 1.807) is 12.1 Å². The van der Waals surface area contributed by atoms with E-state index in [9.17, 15) is 4.39 Å². The first kappa shape index (κ1) is 14.5. The van der Waals surface area contributed by atoms with Crippen LogP contribution in [0.15, 0.2) is 46.9 Å². The molecule has 0 bridgehead atoms. The van der Waals surface area contributed by atoms with Crippen molar-refractivity contribution in [1.29, 1.82) is 0 Å². The van der Waals surface area contributed by atoms with Crippen LogP contribution in [0.2, 0.25) is 0 Å². The summed E-state index contributed by atoms with van der Waals surface area (Å²) >= 11 is 3.24. The van der Waals surface area contributed by atoms with Crippen LogP contribution >= 0.6 is 15.9 Å². The topological polar surface area (TPSA) is 38.0 Å². The Morgan fingerprint density at radius 2 is 2.05 bits per heavy atom. The van der Waals surface area contributed by atoms with Crippen molar-refractivity contribution in [3.8, 4) is 0 Å². The van der Waals surface area contributed by atoms with Gasteiger partial charge in [0.15, 0.2) is 0 Å². The van der Waals surface area contributed by atoms with Gasteiger partial charge in [-0.15, -0.1) is 0 Å². The maximum Gasteiger partial charge on any atom is 0.137 e. The largest absolute Gasteiger partial charge is 0.374 e. The van der Waals surface area contributed by atoms with E-state index in [0.717, 1.165) is 24.9 Å². The van der Waals surface area contributed by atoms with Gasteiger partial charge in [-0.25, -0.2) is 4.39 Å². The molecular weight excluding hydrogens is 331 g/mol. The van der Waals surface area contributed by atoms with Crippen LogP contribution in [-0.2, 0) is 12.0 Å². The maximum absolute atomic E-state index is 13.4. The zero-order valence-corrected chi connectivity index (χ0v) is 13.3. The molecule has 1 aliphatic rings. The molecule has 1 unspecified atom stereocenters. The van der Waals surface area contributed by atoms with E-state index in [1.807, 2.05) is 0 Å². The van der Waals surface area contributed by atoms with E-state index < -0.39 is 0 Å². The molecule has 1 atom stereocenters. The lowest BCUT2D eigenvalue weighted by atomic mass is 9.76. The van der Waals surface area contributed by atoms with Crippen LogP contribution in [0.25, 0.3) is 0 Å². The van der Waals surface area contributed by atoms with Crippen molar-refractivity contribution >= 4 is 21.6 Å².